The molecular formula is C25H27ClN6O. The third-order valence-corrected chi connectivity index (χ3v) is 6.28. The summed E-state index contributed by atoms with van der Waals surface area (Å²) in [7, 11) is 3.83. The molecule has 1 N–H and O–H groups in total. The number of aromatic nitrogens is 3. The van der Waals surface area contributed by atoms with Gasteiger partial charge in [0, 0.05) is 49.0 Å². The van der Waals surface area contributed by atoms with Crippen molar-refractivity contribution in [3.05, 3.63) is 71.4 Å². The lowest BCUT2D eigenvalue weighted by molar-refractivity contribution is 0.148. The van der Waals surface area contributed by atoms with Gasteiger partial charge in [0.1, 0.15) is 5.75 Å². The molecule has 0 saturated carbocycles. The van der Waals surface area contributed by atoms with Gasteiger partial charge < -0.3 is 15.0 Å². The molecule has 1 aliphatic rings. The molecule has 2 aromatic carbocycles. The van der Waals surface area contributed by atoms with Crippen LogP contribution in [0, 0.1) is 0 Å². The van der Waals surface area contributed by atoms with Gasteiger partial charge in [0.15, 0.2) is 0 Å². The highest BCUT2D eigenvalue weighted by molar-refractivity contribution is 6.31. The topological polar surface area (TPSA) is 57.9 Å². The molecule has 1 aliphatic heterocycles. The van der Waals surface area contributed by atoms with E-state index in [0.29, 0.717) is 11.0 Å². The van der Waals surface area contributed by atoms with Crippen LogP contribution in [-0.4, -0.2) is 64.7 Å². The summed E-state index contributed by atoms with van der Waals surface area (Å²) in [6.07, 6.45) is 1.80. The molecule has 0 atom stereocenters. The monoisotopic (exact) mass is 462 g/mol. The first-order valence-electron chi connectivity index (χ1n) is 11.0. The number of nitrogens with one attached hydrogen (secondary N) is 1. The van der Waals surface area contributed by atoms with E-state index < -0.39 is 0 Å². The fourth-order valence-electron chi connectivity index (χ4n) is 4.13. The summed E-state index contributed by atoms with van der Waals surface area (Å²) in [6.45, 7) is 5.45. The van der Waals surface area contributed by atoms with Crippen LogP contribution in [0.4, 0.5) is 11.6 Å². The Morgan fingerprint density at radius 3 is 2.55 bits per heavy atom. The van der Waals surface area contributed by atoms with E-state index in [9.17, 15) is 0 Å². The highest BCUT2D eigenvalue weighted by Gasteiger charge is 2.15. The zero-order valence-corrected chi connectivity index (χ0v) is 19.6. The molecule has 170 valence electrons. The van der Waals surface area contributed by atoms with Gasteiger partial charge in [-0.1, -0.05) is 23.7 Å². The summed E-state index contributed by atoms with van der Waals surface area (Å²) >= 11 is 6.25. The summed E-state index contributed by atoms with van der Waals surface area (Å²) in [6, 6.07) is 18.0. The van der Waals surface area contributed by atoms with E-state index in [0.717, 1.165) is 60.9 Å². The Bertz CT molecular complexity index is 1250. The molecule has 0 aliphatic carbocycles. The van der Waals surface area contributed by atoms with Crippen molar-refractivity contribution < 1.29 is 4.74 Å². The standard InChI is InChI=1S/C25H27ClN6O/c1-30-11-13-31(14-12-30)17-18-3-6-20(7-4-18)28-25-27-16-21-8-9-23(32(21)29-25)22-15-19(26)5-10-24(22)33-2/h3-10,15-16H,11-14,17H2,1-2H3,(H,28,29). The summed E-state index contributed by atoms with van der Waals surface area (Å²) in [5.41, 5.74) is 4.91. The van der Waals surface area contributed by atoms with E-state index in [4.69, 9.17) is 21.4 Å². The molecule has 4 aromatic rings. The number of ether oxygens (including phenoxy) is 1. The summed E-state index contributed by atoms with van der Waals surface area (Å²) in [5.74, 6) is 1.26. The smallest absolute Gasteiger partial charge is 0.245 e. The number of fused-ring (bicyclic) bond motifs is 1. The lowest BCUT2D eigenvalue weighted by Crippen LogP contribution is -2.43. The maximum atomic E-state index is 6.25. The van der Waals surface area contributed by atoms with Crippen molar-refractivity contribution in [1.29, 1.82) is 0 Å². The molecule has 8 heteroatoms. The number of nitrogens with zero attached hydrogens (tertiary/aromatic N) is 5. The van der Waals surface area contributed by atoms with E-state index in [1.807, 2.05) is 34.8 Å². The molecule has 1 saturated heterocycles. The van der Waals surface area contributed by atoms with Gasteiger partial charge in [-0.05, 0) is 55.1 Å². The molecule has 0 spiro atoms. The second-order valence-electron chi connectivity index (χ2n) is 8.38. The van der Waals surface area contributed by atoms with Gasteiger partial charge in [-0.15, -0.1) is 5.10 Å². The van der Waals surface area contributed by atoms with Crippen LogP contribution < -0.4 is 10.1 Å². The third-order valence-electron chi connectivity index (χ3n) is 6.05. The van der Waals surface area contributed by atoms with Crippen LogP contribution in [-0.2, 0) is 6.54 Å². The van der Waals surface area contributed by atoms with Crippen molar-refractivity contribution in [2.24, 2.45) is 0 Å². The van der Waals surface area contributed by atoms with Gasteiger partial charge in [-0.25, -0.2) is 9.50 Å². The van der Waals surface area contributed by atoms with Gasteiger partial charge in [-0.3, -0.25) is 4.90 Å². The van der Waals surface area contributed by atoms with E-state index in [-0.39, 0.29) is 0 Å². The van der Waals surface area contributed by atoms with Crippen molar-refractivity contribution in [2.45, 2.75) is 6.54 Å². The summed E-state index contributed by atoms with van der Waals surface area (Å²) in [5, 5.41) is 8.68. The second-order valence-corrected chi connectivity index (χ2v) is 8.82. The number of anilines is 2. The molecule has 1 fully saturated rings. The lowest BCUT2D eigenvalue weighted by Gasteiger charge is -2.32. The minimum atomic E-state index is 0.521. The molecule has 3 heterocycles. The van der Waals surface area contributed by atoms with Gasteiger partial charge in [-0.2, -0.15) is 0 Å². The number of likely N-dealkylation sites (N-methyl/N-ethyl adjacent to an activating group) is 1. The number of piperazine rings is 1. The Morgan fingerprint density at radius 2 is 1.79 bits per heavy atom. The number of methoxy groups -OCH3 is 1. The predicted molar refractivity (Wildman–Crippen MR) is 132 cm³/mol. The molecule has 5 rings (SSSR count). The van der Waals surface area contributed by atoms with Crippen LogP contribution in [0.1, 0.15) is 5.56 Å². The van der Waals surface area contributed by atoms with E-state index in [1.165, 1.54) is 5.56 Å². The normalized spacial score (nSPS) is 15.1. The lowest BCUT2D eigenvalue weighted by atomic mass is 10.1. The average molecular weight is 463 g/mol. The average Bonchev–Trinajstić information content (AvgIpc) is 3.25. The molecule has 0 bridgehead atoms. The Morgan fingerprint density at radius 1 is 1.00 bits per heavy atom. The number of benzene rings is 2. The van der Waals surface area contributed by atoms with Crippen molar-refractivity contribution in [2.75, 3.05) is 45.7 Å². The van der Waals surface area contributed by atoms with Crippen LogP contribution in [0.15, 0.2) is 60.8 Å². The van der Waals surface area contributed by atoms with Gasteiger partial charge in [0.25, 0.3) is 0 Å². The fourth-order valence-corrected chi connectivity index (χ4v) is 4.30. The molecule has 0 radical (unpaired) electrons. The van der Waals surface area contributed by atoms with E-state index in [1.54, 1.807) is 13.3 Å². The Labute approximate surface area is 198 Å². The minimum absolute atomic E-state index is 0.521. The zero-order valence-electron chi connectivity index (χ0n) is 18.8. The highest BCUT2D eigenvalue weighted by atomic mass is 35.5. The minimum Gasteiger partial charge on any atom is -0.496 e. The highest BCUT2D eigenvalue weighted by Crippen LogP contribution is 2.33. The largest absolute Gasteiger partial charge is 0.496 e. The van der Waals surface area contributed by atoms with Gasteiger partial charge >= 0.3 is 0 Å². The Hall–Kier alpha value is -3.13. The molecular weight excluding hydrogens is 436 g/mol. The predicted octanol–water partition coefficient (Wildman–Crippen LogP) is 4.55. The first-order valence-corrected chi connectivity index (χ1v) is 11.4. The fraction of sp³-hybridized carbons (Fsp3) is 0.280. The van der Waals surface area contributed by atoms with Crippen molar-refractivity contribution in [3.63, 3.8) is 0 Å². The van der Waals surface area contributed by atoms with Crippen LogP contribution >= 0.6 is 11.6 Å². The first kappa shape index (κ1) is 21.7. The number of rotatable bonds is 6. The molecule has 2 aromatic heterocycles. The molecule has 7 nitrogen and oxygen atoms in total. The quantitative estimate of drug-likeness (QED) is 0.453. The zero-order chi connectivity index (χ0) is 22.8. The maximum Gasteiger partial charge on any atom is 0.245 e. The maximum absolute atomic E-state index is 6.25. The van der Waals surface area contributed by atoms with Crippen molar-refractivity contribution >= 4 is 28.8 Å². The van der Waals surface area contributed by atoms with Crippen molar-refractivity contribution in [3.8, 4) is 17.0 Å². The first-order chi connectivity index (χ1) is 16.1. The van der Waals surface area contributed by atoms with Crippen LogP contribution in [0.25, 0.3) is 16.8 Å². The summed E-state index contributed by atoms with van der Waals surface area (Å²) < 4.78 is 7.39. The van der Waals surface area contributed by atoms with E-state index >= 15 is 0 Å². The van der Waals surface area contributed by atoms with Crippen LogP contribution in [0.2, 0.25) is 5.02 Å². The SMILES string of the molecule is COc1ccc(Cl)cc1-c1ccc2cnc(Nc3ccc(CN4CCN(C)CC4)cc3)nn12. The Kier molecular flexibility index (Phi) is 6.17. The number of hydrogen-bond acceptors (Lipinski definition) is 6. The molecule has 33 heavy (non-hydrogen) atoms. The Balaban J connectivity index is 1.35. The summed E-state index contributed by atoms with van der Waals surface area (Å²) in [4.78, 5) is 9.35. The van der Waals surface area contributed by atoms with Gasteiger partial charge in [0.05, 0.1) is 24.5 Å². The number of halogens is 1. The van der Waals surface area contributed by atoms with Gasteiger partial charge in [0.2, 0.25) is 5.95 Å². The molecule has 0 unspecified atom stereocenters. The van der Waals surface area contributed by atoms with E-state index in [2.05, 4.69) is 51.4 Å². The van der Waals surface area contributed by atoms with Crippen LogP contribution in [0.5, 0.6) is 5.75 Å². The second kappa shape index (κ2) is 9.39. The van der Waals surface area contributed by atoms with Crippen LogP contribution in [0.3, 0.4) is 0 Å². The van der Waals surface area contributed by atoms with Crippen molar-refractivity contribution in [1.82, 2.24) is 24.4 Å². The molecule has 0 amide bonds. The number of hydrogen-bond donors (Lipinski definition) is 1. The third kappa shape index (κ3) is 4.80.